The van der Waals surface area contributed by atoms with Crippen LogP contribution in [0, 0.1) is 5.41 Å². The molecule has 20 heavy (non-hydrogen) atoms. The summed E-state index contributed by atoms with van der Waals surface area (Å²) in [6.45, 7) is 0.716. The Labute approximate surface area is 117 Å². The lowest BCUT2D eigenvalue weighted by atomic mass is 9.66. The summed E-state index contributed by atoms with van der Waals surface area (Å²) in [7, 11) is 0. The molecular weight excluding hydrogens is 252 g/mol. The maximum absolute atomic E-state index is 11.0. The zero-order valence-electron chi connectivity index (χ0n) is 11.3. The van der Waals surface area contributed by atoms with E-state index in [0.717, 1.165) is 35.9 Å². The van der Waals surface area contributed by atoms with E-state index in [9.17, 15) is 4.79 Å². The van der Waals surface area contributed by atoms with Gasteiger partial charge in [0.05, 0.1) is 11.9 Å². The topological polar surface area (TPSA) is 62.2 Å². The van der Waals surface area contributed by atoms with Gasteiger partial charge < -0.3 is 10.4 Å². The van der Waals surface area contributed by atoms with Crippen LogP contribution in [-0.2, 0) is 4.79 Å². The summed E-state index contributed by atoms with van der Waals surface area (Å²) in [5, 5.41) is 13.6. The van der Waals surface area contributed by atoms with Crippen molar-refractivity contribution in [2.75, 3.05) is 11.9 Å². The van der Waals surface area contributed by atoms with Crippen molar-refractivity contribution in [2.24, 2.45) is 5.41 Å². The second-order valence-corrected chi connectivity index (χ2v) is 5.65. The highest BCUT2D eigenvalue weighted by atomic mass is 16.4. The van der Waals surface area contributed by atoms with Gasteiger partial charge in [0.25, 0.3) is 0 Å². The second-order valence-electron chi connectivity index (χ2n) is 5.65. The molecule has 2 N–H and O–H groups in total. The highest BCUT2D eigenvalue weighted by molar-refractivity contribution is 5.90. The molecule has 104 valence electrons. The van der Waals surface area contributed by atoms with Crippen LogP contribution in [0.3, 0.4) is 0 Å². The predicted molar refractivity (Wildman–Crippen MR) is 78.8 cm³/mol. The first-order valence-electron chi connectivity index (χ1n) is 6.98. The van der Waals surface area contributed by atoms with E-state index >= 15 is 0 Å². The fraction of sp³-hybridized carbons (Fsp3) is 0.375. The Morgan fingerprint density at radius 3 is 2.80 bits per heavy atom. The molecule has 1 heterocycles. The Bertz CT molecular complexity index is 630. The first-order chi connectivity index (χ1) is 9.69. The molecule has 2 aromatic rings. The molecule has 3 rings (SSSR count). The van der Waals surface area contributed by atoms with Crippen molar-refractivity contribution in [3.63, 3.8) is 0 Å². The van der Waals surface area contributed by atoms with Crippen molar-refractivity contribution in [3.8, 4) is 0 Å². The number of anilines is 1. The molecule has 0 saturated heterocycles. The molecule has 4 heteroatoms. The van der Waals surface area contributed by atoms with Crippen LogP contribution in [0.5, 0.6) is 0 Å². The molecule has 0 atom stereocenters. The Balaban J connectivity index is 1.78. The number of nitrogens with one attached hydrogen (secondary N) is 1. The van der Waals surface area contributed by atoms with Gasteiger partial charge in [0.1, 0.15) is 0 Å². The minimum atomic E-state index is -0.703. The Morgan fingerprint density at radius 2 is 2.10 bits per heavy atom. The fourth-order valence-electron chi connectivity index (χ4n) is 2.95. The lowest BCUT2D eigenvalue weighted by Gasteiger charge is -2.41. The van der Waals surface area contributed by atoms with Crippen LogP contribution in [0.25, 0.3) is 10.9 Å². The molecule has 0 unspecified atom stereocenters. The number of para-hydroxylation sites is 1. The Morgan fingerprint density at radius 1 is 1.30 bits per heavy atom. The van der Waals surface area contributed by atoms with Crippen LogP contribution in [0.1, 0.15) is 25.7 Å². The van der Waals surface area contributed by atoms with Gasteiger partial charge >= 0.3 is 5.97 Å². The number of hydrogen-bond donors (Lipinski definition) is 2. The van der Waals surface area contributed by atoms with E-state index in [1.807, 2.05) is 30.3 Å². The minimum absolute atomic E-state index is 0.0732. The summed E-state index contributed by atoms with van der Waals surface area (Å²) >= 11 is 0. The standard InChI is InChI=1S/C16H18N2O2/c19-15(20)10-16(7-3-8-16)11-18-14-6-9-17-13-5-2-1-4-12(13)14/h1-2,4-6,9H,3,7-8,10-11H2,(H,17,18)(H,19,20). The van der Waals surface area contributed by atoms with Crippen LogP contribution >= 0.6 is 0 Å². The number of rotatable bonds is 5. The number of aromatic nitrogens is 1. The first-order valence-corrected chi connectivity index (χ1v) is 6.98. The molecule has 1 aromatic carbocycles. The van der Waals surface area contributed by atoms with Gasteiger partial charge in [-0.15, -0.1) is 0 Å². The average molecular weight is 270 g/mol. The molecule has 1 aliphatic carbocycles. The largest absolute Gasteiger partial charge is 0.481 e. The van der Waals surface area contributed by atoms with Gasteiger partial charge in [0.15, 0.2) is 0 Å². The predicted octanol–water partition coefficient (Wildman–Crippen LogP) is 3.29. The Hall–Kier alpha value is -2.10. The van der Waals surface area contributed by atoms with Crippen LogP contribution in [0.2, 0.25) is 0 Å². The molecule has 0 amide bonds. The summed E-state index contributed by atoms with van der Waals surface area (Å²) in [6.07, 6.45) is 5.16. The highest BCUT2D eigenvalue weighted by Crippen LogP contribution is 2.44. The lowest BCUT2D eigenvalue weighted by Crippen LogP contribution is -2.38. The highest BCUT2D eigenvalue weighted by Gasteiger charge is 2.38. The summed E-state index contributed by atoms with van der Waals surface area (Å²) < 4.78 is 0. The molecule has 1 aliphatic rings. The van der Waals surface area contributed by atoms with E-state index in [-0.39, 0.29) is 11.8 Å². The smallest absolute Gasteiger partial charge is 0.303 e. The number of carboxylic acid groups (broad SMARTS) is 1. The van der Waals surface area contributed by atoms with Crippen molar-refractivity contribution in [3.05, 3.63) is 36.5 Å². The van der Waals surface area contributed by atoms with Crippen molar-refractivity contribution in [1.82, 2.24) is 4.98 Å². The number of pyridine rings is 1. The van der Waals surface area contributed by atoms with Crippen molar-refractivity contribution in [1.29, 1.82) is 0 Å². The number of benzene rings is 1. The van der Waals surface area contributed by atoms with Gasteiger partial charge in [-0.3, -0.25) is 9.78 Å². The van der Waals surface area contributed by atoms with Crippen LogP contribution < -0.4 is 5.32 Å². The zero-order valence-corrected chi connectivity index (χ0v) is 11.3. The van der Waals surface area contributed by atoms with Crippen molar-refractivity contribution >= 4 is 22.6 Å². The van der Waals surface area contributed by atoms with Crippen LogP contribution in [0.4, 0.5) is 5.69 Å². The van der Waals surface area contributed by atoms with Gasteiger partial charge in [-0.1, -0.05) is 24.6 Å². The van der Waals surface area contributed by atoms with Crippen LogP contribution in [-0.4, -0.2) is 22.6 Å². The SMILES string of the molecule is O=C(O)CC1(CNc2ccnc3ccccc23)CCC1. The third kappa shape index (κ3) is 2.46. The number of hydrogen-bond acceptors (Lipinski definition) is 3. The lowest BCUT2D eigenvalue weighted by molar-refractivity contribution is -0.141. The van der Waals surface area contributed by atoms with Crippen LogP contribution in [0.15, 0.2) is 36.5 Å². The van der Waals surface area contributed by atoms with E-state index < -0.39 is 5.97 Å². The number of carbonyl (C=O) groups is 1. The maximum Gasteiger partial charge on any atom is 0.303 e. The maximum atomic E-state index is 11.0. The molecule has 1 aromatic heterocycles. The third-order valence-corrected chi connectivity index (χ3v) is 4.24. The molecule has 4 nitrogen and oxygen atoms in total. The van der Waals surface area contributed by atoms with Gasteiger partial charge in [0, 0.05) is 23.8 Å². The number of carboxylic acids is 1. The van der Waals surface area contributed by atoms with Gasteiger partial charge in [0.2, 0.25) is 0 Å². The molecular formula is C16H18N2O2. The zero-order chi connectivity index (χ0) is 14.0. The molecule has 0 bridgehead atoms. The fourth-order valence-corrected chi connectivity index (χ4v) is 2.95. The normalized spacial score (nSPS) is 16.6. The number of nitrogens with zero attached hydrogens (tertiary/aromatic N) is 1. The summed E-state index contributed by atoms with van der Waals surface area (Å²) in [5.41, 5.74) is 1.92. The molecule has 0 radical (unpaired) electrons. The van der Waals surface area contributed by atoms with E-state index in [1.165, 1.54) is 0 Å². The van der Waals surface area contributed by atoms with Gasteiger partial charge in [-0.05, 0) is 30.4 Å². The average Bonchev–Trinajstić information content (AvgIpc) is 2.41. The monoisotopic (exact) mass is 270 g/mol. The molecule has 0 aliphatic heterocycles. The molecule has 1 saturated carbocycles. The molecule has 0 spiro atoms. The molecule has 1 fully saturated rings. The third-order valence-electron chi connectivity index (χ3n) is 4.24. The van der Waals surface area contributed by atoms with E-state index in [1.54, 1.807) is 6.20 Å². The summed E-state index contributed by atoms with van der Waals surface area (Å²) in [6, 6.07) is 9.93. The van der Waals surface area contributed by atoms with E-state index in [0.29, 0.717) is 6.54 Å². The quantitative estimate of drug-likeness (QED) is 0.875. The second kappa shape index (κ2) is 5.12. The first kappa shape index (κ1) is 12.9. The minimum Gasteiger partial charge on any atom is -0.481 e. The number of fused-ring (bicyclic) bond motifs is 1. The van der Waals surface area contributed by atoms with E-state index in [2.05, 4.69) is 10.3 Å². The van der Waals surface area contributed by atoms with E-state index in [4.69, 9.17) is 5.11 Å². The van der Waals surface area contributed by atoms with Crippen molar-refractivity contribution < 1.29 is 9.90 Å². The van der Waals surface area contributed by atoms with Crippen molar-refractivity contribution in [2.45, 2.75) is 25.7 Å². The van der Waals surface area contributed by atoms with Gasteiger partial charge in [-0.2, -0.15) is 0 Å². The number of aliphatic carboxylic acids is 1. The summed E-state index contributed by atoms with van der Waals surface area (Å²) in [5.74, 6) is -0.703. The summed E-state index contributed by atoms with van der Waals surface area (Å²) in [4.78, 5) is 15.3. The van der Waals surface area contributed by atoms with Gasteiger partial charge in [-0.25, -0.2) is 0 Å². The Kier molecular flexibility index (Phi) is 3.30.